The number of nitrogens with one attached hydrogen (secondary N) is 1. The number of hydrogen-bond donors (Lipinski definition) is 6. The fourth-order valence-corrected chi connectivity index (χ4v) is 7.62. The summed E-state index contributed by atoms with van der Waals surface area (Å²) in [6.45, 7) is 4.10. The molecule has 1 amide bonds. The SMILES string of the molecule is CCNC(=O)CCCC1CC1CC1C(=O)CC(OC2OCC(CO)C(O)C(O)CC2O)C1C(C)CC(O)CCc1ccccc1. The number of carbonyl (C=O) groups excluding carboxylic acids is 2. The highest BCUT2D eigenvalue weighted by Gasteiger charge is 2.51. The highest BCUT2D eigenvalue weighted by atomic mass is 16.7. The molecule has 10 nitrogen and oxygen atoms in total. The largest absolute Gasteiger partial charge is 0.396 e. The third-order valence-electron chi connectivity index (χ3n) is 10.3. The summed E-state index contributed by atoms with van der Waals surface area (Å²) >= 11 is 0. The number of amides is 1. The van der Waals surface area contributed by atoms with Crippen LogP contribution < -0.4 is 5.32 Å². The first-order chi connectivity index (χ1) is 21.6. The molecule has 254 valence electrons. The van der Waals surface area contributed by atoms with E-state index in [9.17, 15) is 35.1 Å². The maximum Gasteiger partial charge on any atom is 0.219 e. The van der Waals surface area contributed by atoms with Crippen molar-refractivity contribution in [1.82, 2.24) is 5.32 Å². The van der Waals surface area contributed by atoms with Gasteiger partial charge in [-0.3, -0.25) is 9.59 Å². The van der Waals surface area contributed by atoms with E-state index in [0.29, 0.717) is 37.6 Å². The van der Waals surface area contributed by atoms with Crippen LogP contribution in [0.4, 0.5) is 0 Å². The molecule has 0 aromatic heterocycles. The second kappa shape index (κ2) is 17.3. The smallest absolute Gasteiger partial charge is 0.219 e. The summed E-state index contributed by atoms with van der Waals surface area (Å²) in [5, 5.41) is 55.1. The molecule has 12 unspecified atom stereocenters. The standard InChI is InChI=1S/C35H55NO9/c1-3-36-32(42)11-7-10-23-15-24(23)16-27-28(39)18-31(45-35-30(41)17-29(40)34(43)25(19-37)20-44-35)33(27)21(2)14-26(38)13-12-22-8-5-4-6-9-22/h4-6,8-9,21,23-27,29-31,33-35,37-38,40-41,43H,3,7,10-20H2,1-2H3,(H,36,42). The number of aliphatic hydroxyl groups excluding tert-OH is 5. The van der Waals surface area contributed by atoms with Crippen molar-refractivity contribution in [1.29, 1.82) is 0 Å². The van der Waals surface area contributed by atoms with Crippen LogP contribution in [0.5, 0.6) is 0 Å². The number of ketones is 1. The van der Waals surface area contributed by atoms with E-state index in [4.69, 9.17) is 9.47 Å². The van der Waals surface area contributed by atoms with Gasteiger partial charge in [0.05, 0.1) is 37.6 Å². The lowest BCUT2D eigenvalue weighted by Gasteiger charge is -2.37. The molecule has 0 radical (unpaired) electrons. The molecule has 0 bridgehead atoms. The van der Waals surface area contributed by atoms with Crippen LogP contribution in [0.3, 0.4) is 0 Å². The summed E-state index contributed by atoms with van der Waals surface area (Å²) < 4.78 is 12.2. The summed E-state index contributed by atoms with van der Waals surface area (Å²) in [4.78, 5) is 25.4. The summed E-state index contributed by atoms with van der Waals surface area (Å²) in [5.41, 5.74) is 1.16. The Balaban J connectivity index is 1.42. The van der Waals surface area contributed by atoms with Crippen molar-refractivity contribution in [2.45, 2.75) is 115 Å². The van der Waals surface area contributed by atoms with Gasteiger partial charge in [-0.15, -0.1) is 0 Å². The van der Waals surface area contributed by atoms with Crippen LogP contribution in [0, 0.1) is 35.5 Å². The Morgan fingerprint density at radius 2 is 1.84 bits per heavy atom. The quantitative estimate of drug-likeness (QED) is 0.160. The van der Waals surface area contributed by atoms with Crippen molar-refractivity contribution in [3.05, 3.63) is 35.9 Å². The first-order valence-corrected chi connectivity index (χ1v) is 17.0. The van der Waals surface area contributed by atoms with E-state index < -0.39 is 49.3 Å². The van der Waals surface area contributed by atoms with Gasteiger partial charge in [0.25, 0.3) is 0 Å². The summed E-state index contributed by atoms with van der Waals surface area (Å²) in [5.74, 6) is -0.104. The molecule has 4 rings (SSSR count). The molecule has 6 N–H and O–H groups in total. The van der Waals surface area contributed by atoms with Gasteiger partial charge in [-0.2, -0.15) is 0 Å². The van der Waals surface area contributed by atoms with Gasteiger partial charge in [0.1, 0.15) is 11.9 Å². The lowest BCUT2D eigenvalue weighted by Crippen LogP contribution is -2.48. The number of Topliss-reactive ketones (excluding diaryl/α,β-unsaturated/α-hetero) is 1. The number of aryl methyl sites for hydroxylation is 1. The van der Waals surface area contributed by atoms with Crippen LogP contribution in [0.1, 0.15) is 77.2 Å². The van der Waals surface area contributed by atoms with Crippen LogP contribution in [0.2, 0.25) is 0 Å². The molecule has 45 heavy (non-hydrogen) atoms. The third-order valence-corrected chi connectivity index (χ3v) is 10.3. The van der Waals surface area contributed by atoms with Crippen molar-refractivity contribution in [3.8, 4) is 0 Å². The lowest BCUT2D eigenvalue weighted by molar-refractivity contribution is -0.251. The van der Waals surface area contributed by atoms with Crippen LogP contribution in [-0.2, 0) is 25.5 Å². The van der Waals surface area contributed by atoms with Gasteiger partial charge in [-0.1, -0.05) is 37.3 Å². The summed E-state index contributed by atoms with van der Waals surface area (Å²) in [6, 6.07) is 10.0. The van der Waals surface area contributed by atoms with Crippen molar-refractivity contribution in [2.24, 2.45) is 35.5 Å². The van der Waals surface area contributed by atoms with Crippen LogP contribution in [0.15, 0.2) is 30.3 Å². The Labute approximate surface area is 267 Å². The van der Waals surface area contributed by atoms with Crippen LogP contribution >= 0.6 is 0 Å². The van der Waals surface area contributed by atoms with Gasteiger partial charge < -0.3 is 40.3 Å². The molecule has 1 aromatic carbocycles. The minimum absolute atomic E-state index is 0.0459. The average molecular weight is 634 g/mol. The van der Waals surface area contributed by atoms with Crippen molar-refractivity contribution in [3.63, 3.8) is 0 Å². The maximum absolute atomic E-state index is 13.6. The first-order valence-electron chi connectivity index (χ1n) is 17.0. The molecular formula is C35H55NO9. The van der Waals surface area contributed by atoms with E-state index in [-0.39, 0.29) is 48.9 Å². The van der Waals surface area contributed by atoms with Gasteiger partial charge >= 0.3 is 0 Å². The number of carbonyl (C=O) groups is 2. The monoisotopic (exact) mass is 633 g/mol. The number of hydrogen-bond acceptors (Lipinski definition) is 9. The average Bonchev–Trinajstić information content (AvgIpc) is 3.68. The van der Waals surface area contributed by atoms with Gasteiger partial charge in [0, 0.05) is 37.6 Å². The Morgan fingerprint density at radius 1 is 1.09 bits per heavy atom. The molecule has 1 heterocycles. The molecule has 12 atom stereocenters. The van der Waals surface area contributed by atoms with E-state index in [1.54, 1.807) is 0 Å². The molecular weight excluding hydrogens is 578 g/mol. The van der Waals surface area contributed by atoms with E-state index >= 15 is 0 Å². The molecule has 3 fully saturated rings. The van der Waals surface area contributed by atoms with E-state index in [2.05, 4.69) is 12.2 Å². The van der Waals surface area contributed by atoms with Crippen molar-refractivity contribution < 1.29 is 44.6 Å². The second-order valence-electron chi connectivity index (χ2n) is 13.8. The van der Waals surface area contributed by atoms with Gasteiger partial charge in [0.2, 0.25) is 5.91 Å². The zero-order valence-corrected chi connectivity index (χ0v) is 26.9. The Morgan fingerprint density at radius 3 is 2.56 bits per heavy atom. The molecule has 0 spiro atoms. The normalized spacial score (nSPS) is 35.0. The van der Waals surface area contributed by atoms with Gasteiger partial charge in [0.15, 0.2) is 6.29 Å². The van der Waals surface area contributed by atoms with Crippen LogP contribution in [-0.4, -0.2) is 93.8 Å². The molecule has 2 aliphatic carbocycles. The van der Waals surface area contributed by atoms with E-state index in [0.717, 1.165) is 37.7 Å². The molecule has 1 aromatic rings. The topological polar surface area (TPSA) is 166 Å². The second-order valence-corrected chi connectivity index (χ2v) is 13.8. The van der Waals surface area contributed by atoms with Crippen molar-refractivity contribution in [2.75, 3.05) is 19.8 Å². The first kappa shape index (κ1) is 35.9. The minimum atomic E-state index is -1.25. The number of ether oxygens (including phenoxy) is 2. The van der Waals surface area contributed by atoms with Crippen LogP contribution in [0.25, 0.3) is 0 Å². The van der Waals surface area contributed by atoms with Gasteiger partial charge in [-0.25, -0.2) is 0 Å². The lowest BCUT2D eigenvalue weighted by atomic mass is 9.77. The molecule has 2 saturated carbocycles. The predicted octanol–water partition coefficient (Wildman–Crippen LogP) is 2.37. The van der Waals surface area contributed by atoms with E-state index in [1.807, 2.05) is 37.3 Å². The van der Waals surface area contributed by atoms with E-state index in [1.165, 1.54) is 0 Å². The zero-order chi connectivity index (χ0) is 32.5. The Bertz CT molecular complexity index is 1060. The van der Waals surface area contributed by atoms with Gasteiger partial charge in [-0.05, 0) is 81.1 Å². The maximum atomic E-state index is 13.6. The highest BCUT2D eigenvalue weighted by molar-refractivity contribution is 5.84. The molecule has 3 aliphatic rings. The minimum Gasteiger partial charge on any atom is -0.396 e. The highest BCUT2D eigenvalue weighted by Crippen LogP contribution is 2.51. The Kier molecular flexibility index (Phi) is 13.8. The number of aliphatic hydroxyl groups is 5. The predicted molar refractivity (Wildman–Crippen MR) is 168 cm³/mol. The molecule has 10 heteroatoms. The Hall–Kier alpha value is -1.92. The number of benzene rings is 1. The fraction of sp³-hybridized carbons (Fsp3) is 0.771. The zero-order valence-electron chi connectivity index (χ0n) is 26.9. The summed E-state index contributed by atoms with van der Waals surface area (Å²) in [7, 11) is 0. The number of rotatable bonds is 16. The van der Waals surface area contributed by atoms with Crippen molar-refractivity contribution >= 4 is 11.7 Å². The third kappa shape index (κ3) is 10.3. The molecule has 1 aliphatic heterocycles. The molecule has 1 saturated heterocycles. The fourth-order valence-electron chi connectivity index (χ4n) is 7.62. The summed E-state index contributed by atoms with van der Waals surface area (Å²) in [6.07, 6.45) is 0.0132.